The molecular formula is C16H23NO8S. The Kier molecular flexibility index (Phi) is 7.09. The molecule has 1 amide bonds. The Balaban J connectivity index is 2.13. The average Bonchev–Trinajstić information content (AvgIpc) is 2.56. The Hall–Kier alpha value is -1.56. The molecule has 1 aliphatic heterocycles. The number of aliphatic hydroxyl groups is 2. The third-order valence-corrected chi connectivity index (χ3v) is 4.36. The van der Waals surface area contributed by atoms with Crippen LogP contribution in [0.15, 0.2) is 30.3 Å². The highest BCUT2D eigenvalue weighted by atomic mass is 32.2. The van der Waals surface area contributed by atoms with Crippen molar-refractivity contribution in [3.63, 3.8) is 0 Å². The summed E-state index contributed by atoms with van der Waals surface area (Å²) in [5, 5.41) is 23.2. The molecule has 0 spiro atoms. The predicted octanol–water partition coefficient (Wildman–Crippen LogP) is -0.869. The molecule has 0 bridgehead atoms. The normalized spacial score (nSPS) is 29.3. The molecule has 1 saturated heterocycles. The fourth-order valence-corrected chi connectivity index (χ4v) is 3.00. The van der Waals surface area contributed by atoms with Crippen molar-refractivity contribution in [2.75, 3.05) is 12.9 Å². The van der Waals surface area contributed by atoms with Crippen LogP contribution in [0.5, 0.6) is 0 Å². The SMILES string of the molecule is CC(=O)N[C@@H]1[C@@H](OCc2ccccc2)[C@H](O)[C@@H](COS(C)(=O)=O)O[C@H]1O. The fraction of sp³-hybridized carbons (Fsp3) is 0.562. The molecule has 146 valence electrons. The lowest BCUT2D eigenvalue weighted by atomic mass is 9.96. The van der Waals surface area contributed by atoms with Gasteiger partial charge in [-0.05, 0) is 5.56 Å². The highest BCUT2D eigenvalue weighted by molar-refractivity contribution is 7.85. The van der Waals surface area contributed by atoms with Crippen molar-refractivity contribution in [1.82, 2.24) is 5.32 Å². The van der Waals surface area contributed by atoms with Crippen molar-refractivity contribution in [3.8, 4) is 0 Å². The Morgan fingerprint density at radius 1 is 1.27 bits per heavy atom. The topological polar surface area (TPSA) is 131 Å². The van der Waals surface area contributed by atoms with Gasteiger partial charge in [0.15, 0.2) is 6.29 Å². The maximum atomic E-state index is 11.4. The van der Waals surface area contributed by atoms with Crippen LogP contribution in [0, 0.1) is 0 Å². The second kappa shape index (κ2) is 8.89. The first-order valence-corrected chi connectivity index (χ1v) is 9.77. The molecule has 3 N–H and O–H groups in total. The number of ether oxygens (including phenoxy) is 2. The van der Waals surface area contributed by atoms with E-state index in [1.54, 1.807) is 0 Å². The van der Waals surface area contributed by atoms with Gasteiger partial charge < -0.3 is 25.0 Å². The van der Waals surface area contributed by atoms with Gasteiger partial charge in [0.2, 0.25) is 5.91 Å². The standard InChI is InChI=1S/C16H23NO8S/c1-10(18)17-13-15(23-8-11-6-4-3-5-7-11)14(19)12(25-16(13)20)9-24-26(2,21)22/h3-7,12-16,19-20H,8-9H2,1-2H3,(H,17,18)/t12-,13-,14-,15-,16-/m1/s1. The lowest BCUT2D eigenvalue weighted by Gasteiger charge is -2.42. The monoisotopic (exact) mass is 389 g/mol. The van der Waals surface area contributed by atoms with E-state index in [2.05, 4.69) is 9.50 Å². The molecular weight excluding hydrogens is 366 g/mol. The number of hydrogen-bond acceptors (Lipinski definition) is 8. The van der Waals surface area contributed by atoms with Crippen molar-refractivity contribution in [2.45, 2.75) is 44.2 Å². The smallest absolute Gasteiger partial charge is 0.264 e. The maximum absolute atomic E-state index is 11.4. The molecule has 0 aromatic heterocycles. The van der Waals surface area contributed by atoms with Crippen LogP contribution in [0.4, 0.5) is 0 Å². The van der Waals surface area contributed by atoms with E-state index in [1.165, 1.54) is 6.92 Å². The number of carbonyl (C=O) groups is 1. The van der Waals surface area contributed by atoms with Crippen LogP contribution in [-0.2, 0) is 35.2 Å². The summed E-state index contributed by atoms with van der Waals surface area (Å²) in [6.07, 6.45) is -4.15. The first-order valence-electron chi connectivity index (χ1n) is 7.96. The molecule has 10 heteroatoms. The Morgan fingerprint density at radius 3 is 2.50 bits per heavy atom. The summed E-state index contributed by atoms with van der Waals surface area (Å²) in [5.41, 5.74) is 0.825. The molecule has 0 saturated carbocycles. The van der Waals surface area contributed by atoms with E-state index in [0.29, 0.717) is 0 Å². The van der Waals surface area contributed by atoms with Crippen LogP contribution < -0.4 is 5.32 Å². The third-order valence-electron chi connectivity index (χ3n) is 3.79. The number of carbonyl (C=O) groups excluding carboxylic acids is 1. The van der Waals surface area contributed by atoms with Crippen molar-refractivity contribution in [3.05, 3.63) is 35.9 Å². The molecule has 26 heavy (non-hydrogen) atoms. The number of nitrogens with one attached hydrogen (secondary N) is 1. The zero-order valence-corrected chi connectivity index (χ0v) is 15.3. The Bertz CT molecular complexity index is 695. The minimum atomic E-state index is -3.75. The van der Waals surface area contributed by atoms with E-state index in [0.717, 1.165) is 11.8 Å². The van der Waals surface area contributed by atoms with Crippen molar-refractivity contribution in [1.29, 1.82) is 0 Å². The summed E-state index contributed by atoms with van der Waals surface area (Å²) < 4.78 is 37.9. The fourth-order valence-electron chi connectivity index (χ4n) is 2.62. The second-order valence-electron chi connectivity index (χ2n) is 6.03. The molecule has 2 rings (SSSR count). The molecule has 1 aliphatic rings. The zero-order chi connectivity index (χ0) is 19.3. The van der Waals surface area contributed by atoms with E-state index in [1.807, 2.05) is 30.3 Å². The molecule has 5 atom stereocenters. The summed E-state index contributed by atoms with van der Waals surface area (Å²) >= 11 is 0. The highest BCUT2D eigenvalue weighted by Gasteiger charge is 2.46. The number of aliphatic hydroxyl groups excluding tert-OH is 2. The lowest BCUT2D eigenvalue weighted by Crippen LogP contribution is -2.64. The Labute approximate surface area is 152 Å². The van der Waals surface area contributed by atoms with Gasteiger partial charge in [0, 0.05) is 6.92 Å². The number of rotatable bonds is 7. The van der Waals surface area contributed by atoms with Gasteiger partial charge in [-0.1, -0.05) is 30.3 Å². The van der Waals surface area contributed by atoms with Crippen LogP contribution >= 0.6 is 0 Å². The average molecular weight is 389 g/mol. The van der Waals surface area contributed by atoms with E-state index in [4.69, 9.17) is 9.47 Å². The van der Waals surface area contributed by atoms with Gasteiger partial charge in [0.1, 0.15) is 24.4 Å². The largest absolute Gasteiger partial charge is 0.388 e. The molecule has 1 fully saturated rings. The Morgan fingerprint density at radius 2 is 1.92 bits per heavy atom. The quantitative estimate of drug-likeness (QED) is 0.513. The van der Waals surface area contributed by atoms with E-state index in [9.17, 15) is 23.4 Å². The molecule has 0 unspecified atom stereocenters. The third kappa shape index (κ3) is 6.01. The number of hydrogen-bond donors (Lipinski definition) is 3. The van der Waals surface area contributed by atoms with Gasteiger partial charge in [0.25, 0.3) is 10.1 Å². The molecule has 1 heterocycles. The van der Waals surface area contributed by atoms with E-state index in [-0.39, 0.29) is 6.61 Å². The highest BCUT2D eigenvalue weighted by Crippen LogP contribution is 2.24. The van der Waals surface area contributed by atoms with Crippen molar-refractivity contribution >= 4 is 16.0 Å². The minimum absolute atomic E-state index is 0.116. The van der Waals surface area contributed by atoms with Crippen LogP contribution in [0.3, 0.4) is 0 Å². The minimum Gasteiger partial charge on any atom is -0.388 e. The van der Waals surface area contributed by atoms with Gasteiger partial charge in [-0.2, -0.15) is 8.42 Å². The summed E-state index contributed by atoms with van der Waals surface area (Å²) in [4.78, 5) is 11.4. The lowest BCUT2D eigenvalue weighted by molar-refractivity contribution is -0.262. The van der Waals surface area contributed by atoms with E-state index >= 15 is 0 Å². The molecule has 1 aromatic carbocycles. The molecule has 0 radical (unpaired) electrons. The van der Waals surface area contributed by atoms with Crippen molar-refractivity contribution in [2.24, 2.45) is 0 Å². The summed E-state index contributed by atoms with van der Waals surface area (Å²) in [6.45, 7) is 0.881. The second-order valence-corrected chi connectivity index (χ2v) is 7.68. The first kappa shape index (κ1) is 20.7. The predicted molar refractivity (Wildman–Crippen MR) is 90.3 cm³/mol. The van der Waals surface area contributed by atoms with Crippen LogP contribution in [0.2, 0.25) is 0 Å². The summed E-state index contributed by atoms with van der Waals surface area (Å²) in [5.74, 6) is -0.441. The molecule has 9 nitrogen and oxygen atoms in total. The first-order chi connectivity index (χ1) is 12.2. The van der Waals surface area contributed by atoms with Gasteiger partial charge >= 0.3 is 0 Å². The number of amides is 1. The van der Waals surface area contributed by atoms with Gasteiger partial charge in [-0.25, -0.2) is 0 Å². The maximum Gasteiger partial charge on any atom is 0.264 e. The zero-order valence-electron chi connectivity index (χ0n) is 14.4. The van der Waals surface area contributed by atoms with Crippen molar-refractivity contribution < 1.29 is 37.1 Å². The number of benzene rings is 1. The van der Waals surface area contributed by atoms with Gasteiger partial charge in [0.05, 0.1) is 19.5 Å². The molecule has 1 aromatic rings. The van der Waals surface area contributed by atoms with Crippen LogP contribution in [0.25, 0.3) is 0 Å². The van der Waals surface area contributed by atoms with Gasteiger partial charge in [-0.3, -0.25) is 8.98 Å². The van der Waals surface area contributed by atoms with Gasteiger partial charge in [-0.15, -0.1) is 0 Å². The summed E-state index contributed by atoms with van der Waals surface area (Å²) in [6, 6.07) is 8.10. The van der Waals surface area contributed by atoms with Crippen LogP contribution in [0.1, 0.15) is 12.5 Å². The summed E-state index contributed by atoms with van der Waals surface area (Å²) in [7, 11) is -3.75. The molecule has 0 aliphatic carbocycles. The van der Waals surface area contributed by atoms with E-state index < -0.39 is 53.3 Å². The van der Waals surface area contributed by atoms with Crippen LogP contribution in [-0.4, -0.2) is 68.0 Å².